The number of ether oxygens (including phenoxy) is 1. The van der Waals surface area contributed by atoms with Crippen LogP contribution in [0.25, 0.3) is 0 Å². The van der Waals surface area contributed by atoms with Crippen LogP contribution in [-0.2, 0) is 23.6 Å². The van der Waals surface area contributed by atoms with Gasteiger partial charge in [-0.1, -0.05) is 24.3 Å². The van der Waals surface area contributed by atoms with Gasteiger partial charge in [-0.2, -0.15) is 0 Å². The summed E-state index contributed by atoms with van der Waals surface area (Å²) in [5.74, 6) is -5.52. The Morgan fingerprint density at radius 3 is 2.03 bits per heavy atom. The third-order valence-corrected chi connectivity index (χ3v) is 7.28. The summed E-state index contributed by atoms with van der Waals surface area (Å²) in [6.07, 6.45) is -1.43. The maximum Gasteiger partial charge on any atom is 0.494 e. The number of nitrogens with one attached hydrogen (secondary N) is 1. The van der Waals surface area contributed by atoms with E-state index in [0.29, 0.717) is 11.0 Å². The molecule has 0 radical (unpaired) electrons. The maximum absolute atomic E-state index is 14.0. The molecule has 1 N–H and O–H groups in total. The number of carbonyl (C=O) groups is 3. The zero-order valence-electron chi connectivity index (χ0n) is 24.3. The van der Waals surface area contributed by atoms with Crippen LogP contribution in [0.5, 0.6) is 0 Å². The van der Waals surface area contributed by atoms with E-state index in [1.807, 2.05) is 27.7 Å². The van der Waals surface area contributed by atoms with Gasteiger partial charge in [-0.3, -0.25) is 9.59 Å². The van der Waals surface area contributed by atoms with Crippen molar-refractivity contribution in [2.75, 3.05) is 27.2 Å². The monoisotopic (exact) mass is 551 g/mol. The molecule has 0 bridgehead atoms. The fourth-order valence-electron chi connectivity index (χ4n) is 4.44. The maximum atomic E-state index is 14.0. The average Bonchev–Trinajstić information content (AvgIpc) is 3.26. The highest BCUT2D eigenvalue weighted by Gasteiger charge is 2.52. The summed E-state index contributed by atoms with van der Waals surface area (Å²) < 4.78 is 45.6. The summed E-state index contributed by atoms with van der Waals surface area (Å²) in [5, 5.41) is 2.51. The molecule has 2 aliphatic heterocycles. The van der Waals surface area contributed by atoms with E-state index in [4.69, 9.17) is 14.0 Å². The Labute approximate surface area is 229 Å². The fraction of sp³-hybridized carbons (Fsp3) is 0.667. The number of likely N-dealkylation sites (N-methyl/N-ethyl adjacent to an activating group) is 1. The van der Waals surface area contributed by atoms with Crippen molar-refractivity contribution in [3.8, 4) is 0 Å². The second-order valence-electron chi connectivity index (χ2n) is 12.5. The van der Waals surface area contributed by atoms with Gasteiger partial charge in [0.05, 0.1) is 23.7 Å². The number of alkyl carbamates (subject to hydrolysis) is 1. The second-order valence-corrected chi connectivity index (χ2v) is 12.5. The predicted octanol–water partition coefficient (Wildman–Crippen LogP) is 2.92. The molecule has 0 aliphatic carbocycles. The van der Waals surface area contributed by atoms with Gasteiger partial charge in [0, 0.05) is 27.1 Å². The lowest BCUT2D eigenvalue weighted by Crippen LogP contribution is -2.55. The molecule has 216 valence electrons. The molecule has 9 nitrogen and oxygen atoms in total. The number of nitrogens with zero attached hydrogens (tertiary/aromatic N) is 2. The smallest absolute Gasteiger partial charge is 0.444 e. The lowest BCUT2D eigenvalue weighted by atomic mass is 9.77. The zero-order chi connectivity index (χ0) is 29.6. The lowest BCUT2D eigenvalue weighted by Gasteiger charge is -2.32. The normalized spacial score (nSPS) is 21.3. The third kappa shape index (κ3) is 7.08. The highest BCUT2D eigenvalue weighted by atomic mass is 19.3. The van der Waals surface area contributed by atoms with Crippen LogP contribution in [0.1, 0.15) is 66.4 Å². The van der Waals surface area contributed by atoms with E-state index in [0.717, 1.165) is 4.90 Å². The van der Waals surface area contributed by atoms with Crippen molar-refractivity contribution < 1.29 is 37.2 Å². The largest absolute Gasteiger partial charge is 0.494 e. The molecule has 3 rings (SSSR count). The fourth-order valence-corrected chi connectivity index (χ4v) is 4.44. The zero-order valence-corrected chi connectivity index (χ0v) is 24.3. The number of carbonyl (C=O) groups excluding carboxylic acids is 3. The number of alkyl halides is 2. The molecule has 1 aromatic rings. The number of halogens is 2. The van der Waals surface area contributed by atoms with Crippen LogP contribution in [0.4, 0.5) is 13.6 Å². The van der Waals surface area contributed by atoms with Gasteiger partial charge in [0.15, 0.2) is 0 Å². The highest BCUT2D eigenvalue weighted by Crippen LogP contribution is 2.37. The molecule has 2 heterocycles. The summed E-state index contributed by atoms with van der Waals surface area (Å²) in [4.78, 5) is 42.1. The minimum Gasteiger partial charge on any atom is -0.444 e. The molecule has 3 amide bonds. The van der Waals surface area contributed by atoms with E-state index < -0.39 is 72.7 Å². The second kappa shape index (κ2) is 10.7. The van der Waals surface area contributed by atoms with E-state index in [1.165, 1.54) is 19.0 Å². The summed E-state index contributed by atoms with van der Waals surface area (Å²) in [7, 11) is 2.40. The summed E-state index contributed by atoms with van der Waals surface area (Å²) in [6, 6.07) is 5.29. The molecule has 0 saturated carbocycles. The molecule has 2 atom stereocenters. The van der Waals surface area contributed by atoms with Crippen LogP contribution in [0.2, 0.25) is 0 Å². The van der Waals surface area contributed by atoms with E-state index >= 15 is 0 Å². The molecule has 0 aromatic heterocycles. The molecule has 2 aliphatic rings. The first-order chi connectivity index (χ1) is 17.7. The molecule has 12 heteroatoms. The molecule has 1 aromatic carbocycles. The number of hydrogen-bond donors (Lipinski definition) is 1. The Morgan fingerprint density at radius 2 is 1.59 bits per heavy atom. The van der Waals surface area contributed by atoms with Gasteiger partial charge in [-0.05, 0) is 59.5 Å². The minimum atomic E-state index is -3.04. The predicted molar refractivity (Wildman–Crippen MR) is 143 cm³/mol. The Hall–Kier alpha value is -2.73. The SMILES string of the molecule is CN(C)C(=O)[C@@H](c1ccc(B2OC(C)(C)C(C)(C)O2)cc1)[C@H](NC(=O)OC(C)(C)C)C(=O)N1CCC(F)(F)C1. The first-order valence-electron chi connectivity index (χ1n) is 13.1. The molecule has 2 saturated heterocycles. The summed E-state index contributed by atoms with van der Waals surface area (Å²) in [6.45, 7) is 11.7. The van der Waals surface area contributed by atoms with Gasteiger partial charge in [-0.25, -0.2) is 13.6 Å². The van der Waals surface area contributed by atoms with Gasteiger partial charge in [-0.15, -0.1) is 0 Å². The van der Waals surface area contributed by atoms with Crippen LogP contribution < -0.4 is 10.8 Å². The molecule has 2 fully saturated rings. The highest BCUT2D eigenvalue weighted by molar-refractivity contribution is 6.62. The van der Waals surface area contributed by atoms with Gasteiger partial charge in [0.25, 0.3) is 5.92 Å². The van der Waals surface area contributed by atoms with E-state index in [2.05, 4.69) is 5.32 Å². The van der Waals surface area contributed by atoms with Crippen LogP contribution in [0.15, 0.2) is 24.3 Å². The van der Waals surface area contributed by atoms with E-state index in [9.17, 15) is 23.2 Å². The standard InChI is InChI=1S/C27H40BF2N3O6/c1-24(2,3)37-23(36)31-20(22(35)33-15-14-27(29,30)16-33)19(21(34)32(8)9)17-10-12-18(13-11-17)28-38-25(4,5)26(6,7)39-28/h10-13,19-20H,14-16H2,1-9H3,(H,31,36)/t19-,20-/m0/s1. The Morgan fingerprint density at radius 1 is 1.05 bits per heavy atom. The minimum absolute atomic E-state index is 0.192. The number of likely N-dealkylation sites (tertiary alicyclic amines) is 1. The summed E-state index contributed by atoms with van der Waals surface area (Å²) in [5.41, 5.74) is -0.868. The van der Waals surface area contributed by atoms with Crippen LogP contribution in [-0.4, -0.2) is 90.8 Å². The first kappa shape index (κ1) is 30.8. The molecular weight excluding hydrogens is 511 g/mol. The molecule has 0 unspecified atom stereocenters. The number of rotatable bonds is 6. The lowest BCUT2D eigenvalue weighted by molar-refractivity contribution is -0.139. The van der Waals surface area contributed by atoms with Gasteiger partial charge in [0.2, 0.25) is 11.8 Å². The van der Waals surface area contributed by atoms with Crippen LogP contribution in [0, 0.1) is 0 Å². The molecular formula is C27H40BF2N3O6. The Kier molecular flexibility index (Phi) is 8.44. The van der Waals surface area contributed by atoms with Gasteiger partial charge in [0.1, 0.15) is 11.6 Å². The molecule has 39 heavy (non-hydrogen) atoms. The average molecular weight is 551 g/mol. The Balaban J connectivity index is 1.98. The van der Waals surface area contributed by atoms with Crippen molar-refractivity contribution in [1.82, 2.24) is 15.1 Å². The van der Waals surface area contributed by atoms with Gasteiger partial charge >= 0.3 is 13.2 Å². The third-order valence-electron chi connectivity index (χ3n) is 7.28. The van der Waals surface area contributed by atoms with Crippen molar-refractivity contribution >= 4 is 30.5 Å². The number of benzene rings is 1. The summed E-state index contributed by atoms with van der Waals surface area (Å²) >= 11 is 0. The van der Waals surface area contributed by atoms with Crippen LogP contribution >= 0.6 is 0 Å². The van der Waals surface area contributed by atoms with Crippen molar-refractivity contribution in [2.24, 2.45) is 0 Å². The molecule has 0 spiro atoms. The van der Waals surface area contributed by atoms with E-state index in [-0.39, 0.29) is 6.54 Å². The van der Waals surface area contributed by atoms with Crippen molar-refractivity contribution in [3.05, 3.63) is 29.8 Å². The number of amides is 3. The first-order valence-corrected chi connectivity index (χ1v) is 13.1. The topological polar surface area (TPSA) is 97.4 Å². The number of hydrogen-bond acceptors (Lipinski definition) is 6. The quantitative estimate of drug-likeness (QED) is 0.547. The van der Waals surface area contributed by atoms with E-state index in [1.54, 1.807) is 45.0 Å². The van der Waals surface area contributed by atoms with Crippen molar-refractivity contribution in [3.63, 3.8) is 0 Å². The van der Waals surface area contributed by atoms with Crippen molar-refractivity contribution in [2.45, 2.75) is 89.6 Å². The Bertz CT molecular complexity index is 1070. The van der Waals surface area contributed by atoms with Gasteiger partial charge < -0.3 is 29.2 Å². The van der Waals surface area contributed by atoms with Crippen molar-refractivity contribution in [1.29, 1.82) is 0 Å². The van der Waals surface area contributed by atoms with Crippen LogP contribution in [0.3, 0.4) is 0 Å².